The Morgan fingerprint density at radius 1 is 1.31 bits per heavy atom. The molecule has 0 radical (unpaired) electrons. The van der Waals surface area contributed by atoms with Crippen LogP contribution in [0.2, 0.25) is 0 Å². The summed E-state index contributed by atoms with van der Waals surface area (Å²) < 4.78 is 2.03. The summed E-state index contributed by atoms with van der Waals surface area (Å²) in [5.41, 5.74) is 2.32. The van der Waals surface area contributed by atoms with Crippen molar-refractivity contribution in [3.05, 3.63) is 36.0 Å². The maximum absolute atomic E-state index is 12.5. The first-order valence-corrected chi connectivity index (χ1v) is 8.95. The van der Waals surface area contributed by atoms with Gasteiger partial charge in [0.2, 0.25) is 0 Å². The molecule has 8 nitrogen and oxygen atoms in total. The normalized spacial score (nSPS) is 19.7. The van der Waals surface area contributed by atoms with E-state index >= 15 is 0 Å². The van der Waals surface area contributed by atoms with Crippen molar-refractivity contribution in [3.63, 3.8) is 0 Å². The van der Waals surface area contributed by atoms with Gasteiger partial charge in [-0.25, -0.2) is 9.97 Å². The van der Waals surface area contributed by atoms with Crippen LogP contribution < -0.4 is 15.5 Å². The Kier molecular flexibility index (Phi) is 4.42. The van der Waals surface area contributed by atoms with Gasteiger partial charge in [0.15, 0.2) is 11.6 Å². The zero-order chi connectivity index (χ0) is 18.1. The standard InChI is InChI=1S/C18H23N7O/c1-12-10-25-11-16(22-17(25)13(2)21-12)23-18(26)15-4-3-14(9-20-15)24-7-5-19-6-8-24/h3-4,9,11-12,19H,5-8,10H2,1-2H3,(H,23,26). The maximum atomic E-state index is 12.5. The van der Waals surface area contributed by atoms with Crippen LogP contribution in [-0.4, -0.2) is 58.4 Å². The summed E-state index contributed by atoms with van der Waals surface area (Å²) in [6.07, 6.45) is 3.62. The van der Waals surface area contributed by atoms with E-state index < -0.39 is 0 Å². The van der Waals surface area contributed by atoms with Crippen molar-refractivity contribution in [2.75, 3.05) is 36.4 Å². The van der Waals surface area contributed by atoms with Crippen molar-refractivity contribution in [2.24, 2.45) is 4.99 Å². The van der Waals surface area contributed by atoms with Gasteiger partial charge in [-0.15, -0.1) is 0 Å². The number of rotatable bonds is 3. The van der Waals surface area contributed by atoms with Crippen LogP contribution in [0.15, 0.2) is 29.5 Å². The molecule has 4 heterocycles. The van der Waals surface area contributed by atoms with Gasteiger partial charge in [0, 0.05) is 38.9 Å². The topological polar surface area (TPSA) is 87.4 Å². The lowest BCUT2D eigenvalue weighted by atomic mass is 10.2. The molecular formula is C18H23N7O. The van der Waals surface area contributed by atoms with E-state index in [1.54, 1.807) is 12.3 Å². The van der Waals surface area contributed by atoms with Gasteiger partial charge in [-0.2, -0.15) is 0 Å². The number of fused-ring (bicyclic) bond motifs is 1. The van der Waals surface area contributed by atoms with Gasteiger partial charge in [0.25, 0.3) is 5.91 Å². The molecule has 136 valence electrons. The monoisotopic (exact) mass is 353 g/mol. The summed E-state index contributed by atoms with van der Waals surface area (Å²) in [6.45, 7) is 8.61. The van der Waals surface area contributed by atoms with Crippen LogP contribution in [-0.2, 0) is 6.54 Å². The summed E-state index contributed by atoms with van der Waals surface area (Å²) in [6, 6.07) is 3.93. The van der Waals surface area contributed by atoms with Crippen molar-refractivity contribution in [3.8, 4) is 0 Å². The number of amides is 1. The average molecular weight is 353 g/mol. The predicted octanol–water partition coefficient (Wildman–Crippen LogP) is 1.15. The second kappa shape index (κ2) is 6.87. The summed E-state index contributed by atoms with van der Waals surface area (Å²) >= 11 is 0. The number of anilines is 2. The lowest BCUT2D eigenvalue weighted by Crippen LogP contribution is -2.43. The summed E-state index contributed by atoms with van der Waals surface area (Å²) in [5.74, 6) is 1.08. The largest absolute Gasteiger partial charge is 0.368 e. The zero-order valence-corrected chi connectivity index (χ0v) is 15.1. The molecule has 0 aromatic carbocycles. The quantitative estimate of drug-likeness (QED) is 0.864. The number of aromatic nitrogens is 3. The molecule has 1 fully saturated rings. The van der Waals surface area contributed by atoms with E-state index in [4.69, 9.17) is 0 Å². The molecule has 2 aromatic rings. The Balaban J connectivity index is 1.45. The van der Waals surface area contributed by atoms with Gasteiger partial charge in [-0.1, -0.05) is 0 Å². The lowest BCUT2D eigenvalue weighted by Gasteiger charge is -2.29. The Hall–Kier alpha value is -2.74. The van der Waals surface area contributed by atoms with Crippen LogP contribution in [0.25, 0.3) is 0 Å². The summed E-state index contributed by atoms with van der Waals surface area (Å²) in [4.78, 5) is 28.1. The molecule has 2 aromatic heterocycles. The van der Waals surface area contributed by atoms with Gasteiger partial charge in [-0.3, -0.25) is 9.79 Å². The molecule has 2 aliphatic rings. The molecule has 2 aliphatic heterocycles. The molecule has 8 heteroatoms. The van der Waals surface area contributed by atoms with E-state index in [1.807, 2.05) is 23.8 Å². The Morgan fingerprint density at radius 2 is 2.12 bits per heavy atom. The minimum atomic E-state index is -0.255. The fourth-order valence-corrected chi connectivity index (χ4v) is 3.43. The number of aliphatic imine (C=N–C) groups is 1. The minimum absolute atomic E-state index is 0.222. The van der Waals surface area contributed by atoms with Crippen LogP contribution in [0.4, 0.5) is 11.5 Å². The third kappa shape index (κ3) is 3.32. The lowest BCUT2D eigenvalue weighted by molar-refractivity contribution is 0.102. The van der Waals surface area contributed by atoms with Crippen LogP contribution in [0.5, 0.6) is 0 Å². The average Bonchev–Trinajstić information content (AvgIpc) is 3.05. The second-order valence-corrected chi connectivity index (χ2v) is 6.76. The first kappa shape index (κ1) is 16.7. The smallest absolute Gasteiger partial charge is 0.275 e. The number of carbonyl (C=O) groups is 1. The molecular weight excluding hydrogens is 330 g/mol. The highest BCUT2D eigenvalue weighted by molar-refractivity contribution is 6.03. The molecule has 26 heavy (non-hydrogen) atoms. The Labute approximate surface area is 152 Å². The van der Waals surface area contributed by atoms with Crippen LogP contribution in [0.3, 0.4) is 0 Å². The minimum Gasteiger partial charge on any atom is -0.368 e. The fraction of sp³-hybridized carbons (Fsp3) is 0.444. The Morgan fingerprint density at radius 3 is 2.85 bits per heavy atom. The van der Waals surface area contributed by atoms with Crippen molar-refractivity contribution < 1.29 is 4.79 Å². The molecule has 0 aliphatic carbocycles. The second-order valence-electron chi connectivity index (χ2n) is 6.76. The number of carbonyl (C=O) groups excluding carboxylic acids is 1. The van der Waals surface area contributed by atoms with E-state index in [0.29, 0.717) is 11.5 Å². The number of imidazole rings is 1. The van der Waals surface area contributed by atoms with E-state index in [0.717, 1.165) is 49.9 Å². The van der Waals surface area contributed by atoms with E-state index in [1.165, 1.54) is 0 Å². The van der Waals surface area contributed by atoms with Gasteiger partial charge >= 0.3 is 0 Å². The highest BCUT2D eigenvalue weighted by Gasteiger charge is 2.19. The highest BCUT2D eigenvalue weighted by Crippen LogP contribution is 2.18. The molecule has 1 atom stereocenters. The number of nitrogens with one attached hydrogen (secondary N) is 2. The van der Waals surface area contributed by atoms with Gasteiger partial charge in [0.1, 0.15) is 5.69 Å². The van der Waals surface area contributed by atoms with E-state index in [9.17, 15) is 4.79 Å². The number of pyridine rings is 1. The third-order valence-corrected chi connectivity index (χ3v) is 4.68. The Bertz CT molecular complexity index is 834. The van der Waals surface area contributed by atoms with Crippen molar-refractivity contribution in [2.45, 2.75) is 26.4 Å². The molecule has 0 saturated carbocycles. The van der Waals surface area contributed by atoms with Crippen LogP contribution >= 0.6 is 0 Å². The number of hydrogen-bond donors (Lipinski definition) is 2. The van der Waals surface area contributed by atoms with Gasteiger partial charge < -0.3 is 20.1 Å². The van der Waals surface area contributed by atoms with E-state index in [-0.39, 0.29) is 11.9 Å². The third-order valence-electron chi connectivity index (χ3n) is 4.68. The first-order valence-electron chi connectivity index (χ1n) is 8.95. The maximum Gasteiger partial charge on any atom is 0.275 e. The zero-order valence-electron chi connectivity index (χ0n) is 15.1. The van der Waals surface area contributed by atoms with Crippen molar-refractivity contribution >= 4 is 23.1 Å². The molecule has 4 rings (SSSR count). The SMILES string of the molecule is CC1=NC(C)Cn2cc(NC(=O)c3ccc(N4CCNCC4)cn3)nc21. The fourth-order valence-electron chi connectivity index (χ4n) is 3.43. The molecule has 1 amide bonds. The predicted molar refractivity (Wildman–Crippen MR) is 101 cm³/mol. The highest BCUT2D eigenvalue weighted by atomic mass is 16.1. The molecule has 1 unspecified atom stereocenters. The van der Waals surface area contributed by atoms with Crippen molar-refractivity contribution in [1.29, 1.82) is 0 Å². The number of nitrogens with zero attached hydrogens (tertiary/aromatic N) is 5. The molecule has 0 bridgehead atoms. The molecule has 2 N–H and O–H groups in total. The van der Waals surface area contributed by atoms with Crippen molar-refractivity contribution in [1.82, 2.24) is 19.9 Å². The number of piperazine rings is 1. The first-order chi connectivity index (χ1) is 12.6. The molecule has 0 spiro atoms. The summed E-state index contributed by atoms with van der Waals surface area (Å²) in [7, 11) is 0. The van der Waals surface area contributed by atoms with E-state index in [2.05, 4.69) is 37.4 Å². The van der Waals surface area contributed by atoms with Gasteiger partial charge in [0.05, 0.1) is 23.6 Å². The summed E-state index contributed by atoms with van der Waals surface area (Å²) in [5, 5.41) is 6.16. The van der Waals surface area contributed by atoms with Gasteiger partial charge in [-0.05, 0) is 26.0 Å². The van der Waals surface area contributed by atoms with Crippen LogP contribution in [0.1, 0.15) is 30.2 Å². The number of hydrogen-bond acceptors (Lipinski definition) is 6. The molecule has 1 saturated heterocycles. The van der Waals surface area contributed by atoms with Crippen LogP contribution in [0, 0.1) is 0 Å².